The van der Waals surface area contributed by atoms with Crippen molar-refractivity contribution in [1.29, 1.82) is 0 Å². The van der Waals surface area contributed by atoms with E-state index in [2.05, 4.69) is 26.0 Å². The average Bonchev–Trinajstić information content (AvgIpc) is 1.90. The Morgan fingerprint density at radius 2 is 2.00 bits per heavy atom. The van der Waals surface area contributed by atoms with Gasteiger partial charge in [-0.05, 0) is 5.92 Å². The van der Waals surface area contributed by atoms with Gasteiger partial charge >= 0.3 is 0 Å². The van der Waals surface area contributed by atoms with Crippen LogP contribution >= 0.6 is 0 Å². The molecule has 0 spiro atoms. The van der Waals surface area contributed by atoms with Crippen molar-refractivity contribution in [2.45, 2.75) is 19.8 Å². The maximum atomic E-state index is 3.17. The van der Waals surface area contributed by atoms with Gasteiger partial charge in [-0.15, -0.1) is 0 Å². The fourth-order valence-electron chi connectivity index (χ4n) is 0.766. The molecular weight excluding hydrogens is 197 g/mol. The molecule has 1 aromatic rings. The minimum atomic E-state index is 0. The van der Waals surface area contributed by atoms with E-state index in [1.807, 2.05) is 18.2 Å². The van der Waals surface area contributed by atoms with Crippen LogP contribution in [0.4, 0.5) is 0 Å². The predicted molar refractivity (Wildman–Crippen MR) is 39.4 cm³/mol. The van der Waals surface area contributed by atoms with Crippen LogP contribution in [0.25, 0.3) is 0 Å². The Bertz CT molecular complexity index is 167. The van der Waals surface area contributed by atoms with E-state index in [1.165, 1.54) is 5.56 Å². The molecule has 0 aliphatic rings. The first kappa shape index (κ1) is 10.3. The topological polar surface area (TPSA) is 0 Å². The van der Waals surface area contributed by atoms with Gasteiger partial charge in [0, 0.05) is 32.7 Å². The van der Waals surface area contributed by atoms with Gasteiger partial charge in [-0.1, -0.05) is 13.8 Å². The van der Waals surface area contributed by atoms with Gasteiger partial charge in [0.05, 0.1) is 0 Å². The molecule has 1 radical (unpaired) electrons. The molecule has 0 saturated carbocycles. The summed E-state index contributed by atoms with van der Waals surface area (Å²) in [5.41, 5.74) is 1.29. The summed E-state index contributed by atoms with van der Waals surface area (Å²) in [4.78, 5) is 0. The molecule has 1 heteroatoms. The summed E-state index contributed by atoms with van der Waals surface area (Å²) < 4.78 is 0. The molecule has 0 amide bonds. The Morgan fingerprint density at radius 3 is 2.30 bits per heavy atom. The van der Waals surface area contributed by atoms with Gasteiger partial charge in [-0.2, -0.15) is 35.9 Å². The van der Waals surface area contributed by atoms with Crippen LogP contribution in [-0.4, -0.2) is 0 Å². The second-order valence-corrected chi connectivity index (χ2v) is 2.47. The Labute approximate surface area is 87.9 Å². The van der Waals surface area contributed by atoms with Gasteiger partial charge in [0.15, 0.2) is 0 Å². The molecule has 0 atom stereocenters. The van der Waals surface area contributed by atoms with E-state index in [0.29, 0.717) is 5.92 Å². The SMILES string of the molecule is CC(C)c1[c-]cccc1.[Y]. The van der Waals surface area contributed by atoms with Crippen LogP contribution in [-0.2, 0) is 32.7 Å². The fraction of sp³-hybridized carbons (Fsp3) is 0.333. The first-order valence-electron chi connectivity index (χ1n) is 3.27. The summed E-state index contributed by atoms with van der Waals surface area (Å²) in [6.07, 6.45) is 0. The zero-order valence-corrected chi connectivity index (χ0v) is 9.30. The molecule has 0 N–H and O–H groups in total. The number of rotatable bonds is 1. The molecule has 0 nitrogen and oxygen atoms in total. The molecule has 0 aromatic heterocycles. The van der Waals surface area contributed by atoms with Crippen LogP contribution < -0.4 is 0 Å². The van der Waals surface area contributed by atoms with E-state index in [-0.39, 0.29) is 32.7 Å². The zero-order valence-electron chi connectivity index (χ0n) is 6.46. The molecule has 51 valence electrons. The molecule has 0 saturated heterocycles. The van der Waals surface area contributed by atoms with Crippen LogP contribution in [0, 0.1) is 6.07 Å². The van der Waals surface area contributed by atoms with E-state index in [0.717, 1.165) is 0 Å². The Kier molecular flexibility index (Phi) is 5.20. The van der Waals surface area contributed by atoms with E-state index in [9.17, 15) is 0 Å². The minimum absolute atomic E-state index is 0. The Morgan fingerprint density at radius 1 is 1.30 bits per heavy atom. The summed E-state index contributed by atoms with van der Waals surface area (Å²) in [5, 5.41) is 0. The quantitative estimate of drug-likeness (QED) is 0.622. The van der Waals surface area contributed by atoms with Crippen LogP contribution in [0.1, 0.15) is 25.3 Å². The van der Waals surface area contributed by atoms with E-state index in [4.69, 9.17) is 0 Å². The average molecular weight is 208 g/mol. The minimum Gasteiger partial charge on any atom is -0.180 e. The second-order valence-electron chi connectivity index (χ2n) is 2.47. The summed E-state index contributed by atoms with van der Waals surface area (Å²) in [6, 6.07) is 11.3. The standard InChI is InChI=1S/C9H11.Y/c1-8(2)9-6-4-3-5-7-9;/h3-6,8H,1-2H3;/q-1;. The number of hydrogen-bond acceptors (Lipinski definition) is 0. The second kappa shape index (κ2) is 5.04. The zero-order chi connectivity index (χ0) is 6.69. The third-order valence-electron chi connectivity index (χ3n) is 1.36. The molecule has 10 heavy (non-hydrogen) atoms. The van der Waals surface area contributed by atoms with Crippen molar-refractivity contribution in [3.63, 3.8) is 0 Å². The third kappa shape index (κ3) is 2.94. The molecule has 0 aliphatic heterocycles. The van der Waals surface area contributed by atoms with Crippen molar-refractivity contribution in [2.24, 2.45) is 0 Å². The van der Waals surface area contributed by atoms with Crippen molar-refractivity contribution in [2.75, 3.05) is 0 Å². The summed E-state index contributed by atoms with van der Waals surface area (Å²) in [6.45, 7) is 4.34. The maximum absolute atomic E-state index is 3.17. The number of hydrogen-bond donors (Lipinski definition) is 0. The molecule has 0 bridgehead atoms. The molecule has 0 aliphatic carbocycles. The van der Waals surface area contributed by atoms with Crippen molar-refractivity contribution >= 4 is 0 Å². The predicted octanol–water partition coefficient (Wildman–Crippen LogP) is 2.61. The van der Waals surface area contributed by atoms with Crippen molar-refractivity contribution in [3.05, 3.63) is 35.9 Å². The fourth-order valence-corrected chi connectivity index (χ4v) is 0.766. The first-order chi connectivity index (χ1) is 4.30. The van der Waals surface area contributed by atoms with Crippen molar-refractivity contribution in [3.8, 4) is 0 Å². The maximum Gasteiger partial charge on any atom is 0 e. The van der Waals surface area contributed by atoms with Crippen LogP contribution in [0.2, 0.25) is 0 Å². The largest absolute Gasteiger partial charge is 0.180 e. The van der Waals surface area contributed by atoms with E-state index < -0.39 is 0 Å². The van der Waals surface area contributed by atoms with Crippen LogP contribution in [0.5, 0.6) is 0 Å². The molecule has 0 heterocycles. The van der Waals surface area contributed by atoms with Gasteiger partial charge in [0.2, 0.25) is 0 Å². The third-order valence-corrected chi connectivity index (χ3v) is 1.36. The van der Waals surface area contributed by atoms with Crippen LogP contribution in [0.3, 0.4) is 0 Å². The first-order valence-corrected chi connectivity index (χ1v) is 3.27. The molecule has 0 unspecified atom stereocenters. The molecule has 1 aromatic carbocycles. The Hall–Kier alpha value is 0.324. The smallest absolute Gasteiger partial charge is 0 e. The van der Waals surface area contributed by atoms with Crippen molar-refractivity contribution in [1.82, 2.24) is 0 Å². The molecule has 0 fully saturated rings. The van der Waals surface area contributed by atoms with Gasteiger partial charge in [-0.3, -0.25) is 0 Å². The van der Waals surface area contributed by atoms with E-state index in [1.54, 1.807) is 0 Å². The van der Waals surface area contributed by atoms with Crippen molar-refractivity contribution < 1.29 is 32.7 Å². The van der Waals surface area contributed by atoms with Gasteiger partial charge in [0.1, 0.15) is 0 Å². The molecular formula is C9H11Y-. The molecule has 1 rings (SSSR count). The van der Waals surface area contributed by atoms with Gasteiger partial charge in [0.25, 0.3) is 0 Å². The normalized spacial score (nSPS) is 9.10. The monoisotopic (exact) mass is 208 g/mol. The summed E-state index contributed by atoms with van der Waals surface area (Å²) >= 11 is 0. The number of benzene rings is 1. The summed E-state index contributed by atoms with van der Waals surface area (Å²) in [5.74, 6) is 0.603. The Balaban J connectivity index is 0.000000810. The summed E-state index contributed by atoms with van der Waals surface area (Å²) in [7, 11) is 0. The van der Waals surface area contributed by atoms with Gasteiger partial charge in [-0.25, -0.2) is 0 Å². The van der Waals surface area contributed by atoms with E-state index >= 15 is 0 Å². The van der Waals surface area contributed by atoms with Crippen LogP contribution in [0.15, 0.2) is 24.3 Å². The van der Waals surface area contributed by atoms with Gasteiger partial charge < -0.3 is 0 Å².